The first-order chi connectivity index (χ1) is 15.2. The number of rotatable bonds is 24. The molecule has 2 unspecified atom stereocenters. The van der Waals surface area contributed by atoms with Gasteiger partial charge in [0.2, 0.25) is 0 Å². The lowest BCUT2D eigenvalue weighted by atomic mass is 10.0. The Hall–Kier alpha value is -0.0800. The number of hydrogen-bond donors (Lipinski definition) is 0. The normalized spacial score (nSPS) is 13.9. The molecule has 31 heavy (non-hydrogen) atoms. The summed E-state index contributed by atoms with van der Waals surface area (Å²) in [4.78, 5) is 5.78. The van der Waals surface area contributed by atoms with Crippen LogP contribution in [0.2, 0.25) is 0 Å². The van der Waals surface area contributed by atoms with E-state index in [1.54, 1.807) is 0 Å². The van der Waals surface area contributed by atoms with E-state index >= 15 is 0 Å². The van der Waals surface area contributed by atoms with Gasteiger partial charge in [-0.2, -0.15) is 0 Å². The first-order valence-corrected chi connectivity index (χ1v) is 14.6. The molecule has 0 N–H and O–H groups in total. The standard InChI is InChI=1S/C29H62N2/c1-7-12-16-20-24-30(25-21-17-13-8-2)28(6)29(11-5)31(26-22-18-14-9-3)27-23-19-15-10-4/h28-29H,7-27H2,1-6H3. The number of unbranched alkanes of at least 4 members (excludes halogenated alkanes) is 12. The topological polar surface area (TPSA) is 6.48 Å². The highest BCUT2D eigenvalue weighted by molar-refractivity contribution is 4.83. The Labute approximate surface area is 198 Å². The van der Waals surface area contributed by atoms with Crippen molar-refractivity contribution in [2.45, 2.75) is 163 Å². The van der Waals surface area contributed by atoms with E-state index in [4.69, 9.17) is 0 Å². The van der Waals surface area contributed by atoms with Crippen molar-refractivity contribution in [3.05, 3.63) is 0 Å². The summed E-state index contributed by atoms with van der Waals surface area (Å²) in [7, 11) is 0. The summed E-state index contributed by atoms with van der Waals surface area (Å²) in [6.07, 6.45) is 23.4. The molecule has 0 bridgehead atoms. The monoisotopic (exact) mass is 438 g/mol. The van der Waals surface area contributed by atoms with Gasteiger partial charge in [-0.1, -0.05) is 112 Å². The zero-order chi connectivity index (χ0) is 23.2. The van der Waals surface area contributed by atoms with Crippen LogP contribution in [0, 0.1) is 0 Å². The van der Waals surface area contributed by atoms with Crippen molar-refractivity contribution in [2.75, 3.05) is 26.2 Å². The van der Waals surface area contributed by atoms with Crippen molar-refractivity contribution < 1.29 is 0 Å². The van der Waals surface area contributed by atoms with Gasteiger partial charge < -0.3 is 0 Å². The maximum absolute atomic E-state index is 2.90. The van der Waals surface area contributed by atoms with E-state index < -0.39 is 0 Å². The van der Waals surface area contributed by atoms with Crippen LogP contribution in [-0.4, -0.2) is 48.1 Å². The van der Waals surface area contributed by atoms with E-state index in [2.05, 4.69) is 51.3 Å². The highest BCUT2D eigenvalue weighted by atomic mass is 15.2. The van der Waals surface area contributed by atoms with Crippen LogP contribution in [-0.2, 0) is 0 Å². The molecule has 0 aromatic heterocycles. The Balaban J connectivity index is 5.03. The van der Waals surface area contributed by atoms with E-state index in [1.807, 2.05) is 0 Å². The summed E-state index contributed by atoms with van der Waals surface area (Å²) in [6.45, 7) is 19.6. The average molecular weight is 439 g/mol. The van der Waals surface area contributed by atoms with Crippen molar-refractivity contribution >= 4 is 0 Å². The van der Waals surface area contributed by atoms with E-state index in [9.17, 15) is 0 Å². The minimum atomic E-state index is 0.686. The van der Waals surface area contributed by atoms with Crippen molar-refractivity contribution in [1.82, 2.24) is 9.80 Å². The Morgan fingerprint density at radius 1 is 0.419 bits per heavy atom. The van der Waals surface area contributed by atoms with Crippen molar-refractivity contribution in [2.24, 2.45) is 0 Å². The molecule has 2 atom stereocenters. The van der Waals surface area contributed by atoms with E-state index in [-0.39, 0.29) is 0 Å². The second kappa shape index (κ2) is 23.1. The molecule has 0 heterocycles. The van der Waals surface area contributed by atoms with Gasteiger partial charge in [-0.15, -0.1) is 0 Å². The molecular weight excluding hydrogens is 376 g/mol. The molecule has 2 heteroatoms. The highest BCUT2D eigenvalue weighted by Crippen LogP contribution is 2.19. The van der Waals surface area contributed by atoms with Gasteiger partial charge in [-0.05, 0) is 65.2 Å². The summed E-state index contributed by atoms with van der Waals surface area (Å²) in [5, 5.41) is 0. The van der Waals surface area contributed by atoms with Gasteiger partial charge in [0.25, 0.3) is 0 Å². The molecule has 0 saturated carbocycles. The average Bonchev–Trinajstić information content (AvgIpc) is 2.78. The van der Waals surface area contributed by atoms with Crippen LogP contribution < -0.4 is 0 Å². The molecule has 0 fully saturated rings. The van der Waals surface area contributed by atoms with E-state index in [0.717, 1.165) is 6.04 Å². The molecule has 0 aromatic rings. The summed E-state index contributed by atoms with van der Waals surface area (Å²) in [6, 6.07) is 1.41. The molecule has 0 aliphatic rings. The van der Waals surface area contributed by atoms with Crippen molar-refractivity contribution in [1.29, 1.82) is 0 Å². The lowest BCUT2D eigenvalue weighted by Gasteiger charge is -2.41. The van der Waals surface area contributed by atoms with E-state index in [1.165, 1.54) is 135 Å². The molecule has 0 radical (unpaired) electrons. The minimum Gasteiger partial charge on any atom is -0.299 e. The Kier molecular flexibility index (Phi) is 23.0. The zero-order valence-electron chi connectivity index (χ0n) is 22.9. The Morgan fingerprint density at radius 3 is 1.03 bits per heavy atom. The van der Waals surface area contributed by atoms with Gasteiger partial charge in [0, 0.05) is 12.1 Å². The molecule has 0 aliphatic heterocycles. The van der Waals surface area contributed by atoms with Gasteiger partial charge in [0.1, 0.15) is 0 Å². The quantitative estimate of drug-likeness (QED) is 0.139. The maximum atomic E-state index is 2.90. The zero-order valence-corrected chi connectivity index (χ0v) is 22.9. The van der Waals surface area contributed by atoms with Gasteiger partial charge in [-0.25, -0.2) is 0 Å². The Bertz CT molecular complexity index is 320. The molecule has 0 aromatic carbocycles. The smallest absolute Gasteiger partial charge is 0.0246 e. The van der Waals surface area contributed by atoms with Crippen LogP contribution in [0.15, 0.2) is 0 Å². The predicted molar refractivity (Wildman–Crippen MR) is 143 cm³/mol. The van der Waals surface area contributed by atoms with Gasteiger partial charge >= 0.3 is 0 Å². The van der Waals surface area contributed by atoms with Gasteiger partial charge in [0.15, 0.2) is 0 Å². The third kappa shape index (κ3) is 16.2. The summed E-state index contributed by atoms with van der Waals surface area (Å²) >= 11 is 0. The first-order valence-electron chi connectivity index (χ1n) is 14.6. The molecule has 0 aliphatic carbocycles. The third-order valence-electron chi connectivity index (χ3n) is 7.22. The molecular formula is C29H62N2. The van der Waals surface area contributed by atoms with Gasteiger partial charge in [-0.3, -0.25) is 9.80 Å². The highest BCUT2D eigenvalue weighted by Gasteiger charge is 2.26. The van der Waals surface area contributed by atoms with Crippen LogP contribution in [0.5, 0.6) is 0 Å². The molecule has 0 rings (SSSR count). The molecule has 2 nitrogen and oxygen atoms in total. The molecule has 188 valence electrons. The third-order valence-corrected chi connectivity index (χ3v) is 7.22. The summed E-state index contributed by atoms with van der Waals surface area (Å²) in [5.74, 6) is 0. The fourth-order valence-corrected chi connectivity index (χ4v) is 5.08. The summed E-state index contributed by atoms with van der Waals surface area (Å²) < 4.78 is 0. The second-order valence-corrected chi connectivity index (χ2v) is 10.0. The number of hydrogen-bond acceptors (Lipinski definition) is 2. The van der Waals surface area contributed by atoms with E-state index in [0.29, 0.717) is 6.04 Å². The molecule has 0 amide bonds. The lowest BCUT2D eigenvalue weighted by molar-refractivity contribution is 0.0773. The minimum absolute atomic E-state index is 0.686. The Morgan fingerprint density at radius 2 is 0.742 bits per heavy atom. The second-order valence-electron chi connectivity index (χ2n) is 10.0. The number of nitrogens with zero attached hydrogens (tertiary/aromatic N) is 2. The van der Waals surface area contributed by atoms with Crippen LogP contribution >= 0.6 is 0 Å². The van der Waals surface area contributed by atoms with Crippen LogP contribution in [0.1, 0.15) is 151 Å². The largest absolute Gasteiger partial charge is 0.299 e. The predicted octanol–water partition coefficient (Wildman–Crippen LogP) is 9.08. The SMILES string of the molecule is CCCCCCN(CCCCCC)C(C)C(CC)N(CCCCCC)CCCCCC. The molecule has 0 spiro atoms. The van der Waals surface area contributed by atoms with Crippen LogP contribution in [0.4, 0.5) is 0 Å². The summed E-state index contributed by atoms with van der Waals surface area (Å²) in [5.41, 5.74) is 0. The van der Waals surface area contributed by atoms with Crippen LogP contribution in [0.3, 0.4) is 0 Å². The fraction of sp³-hybridized carbons (Fsp3) is 1.00. The first kappa shape index (κ1) is 30.9. The lowest BCUT2D eigenvalue weighted by Crippen LogP contribution is -2.51. The maximum Gasteiger partial charge on any atom is 0.0246 e. The fourth-order valence-electron chi connectivity index (χ4n) is 5.08. The van der Waals surface area contributed by atoms with Crippen LogP contribution in [0.25, 0.3) is 0 Å². The molecule has 0 saturated heterocycles. The van der Waals surface area contributed by atoms with Gasteiger partial charge in [0.05, 0.1) is 0 Å². The van der Waals surface area contributed by atoms with Crippen molar-refractivity contribution in [3.8, 4) is 0 Å². The van der Waals surface area contributed by atoms with Crippen molar-refractivity contribution in [3.63, 3.8) is 0 Å².